The fourth-order valence-corrected chi connectivity index (χ4v) is 2.87. The molecule has 1 aromatic carbocycles. The van der Waals surface area contributed by atoms with Crippen molar-refractivity contribution in [3.8, 4) is 11.5 Å². The van der Waals surface area contributed by atoms with Gasteiger partial charge in [-0.15, -0.1) is 0 Å². The Kier molecular flexibility index (Phi) is 4.02. The van der Waals surface area contributed by atoms with E-state index in [1.54, 1.807) is 11.9 Å². The van der Waals surface area contributed by atoms with Crippen molar-refractivity contribution in [1.82, 2.24) is 15.3 Å². The average molecular weight is 396 g/mol. The van der Waals surface area contributed by atoms with Crippen molar-refractivity contribution >= 4 is 28.6 Å². The molecule has 1 saturated heterocycles. The monoisotopic (exact) mass is 396 g/mol. The summed E-state index contributed by atoms with van der Waals surface area (Å²) in [6, 6.07) is 2.45. The Morgan fingerprint density at radius 1 is 1.43 bits per heavy atom. The van der Waals surface area contributed by atoms with Crippen molar-refractivity contribution in [2.75, 3.05) is 51.5 Å². The number of fused-ring (bicyclic) bond motifs is 1. The number of carbonyl (C=O) groups excluding carboxylic acids is 1. The average Bonchev–Trinajstić information content (AvgIpc) is 3.17. The lowest BCUT2D eigenvalue weighted by molar-refractivity contribution is -0.130. The van der Waals surface area contributed by atoms with Crippen LogP contribution in [-0.2, 0) is 9.53 Å². The molecule has 1 fully saturated rings. The lowest BCUT2D eigenvalue weighted by Gasteiger charge is -2.19. The first-order valence-corrected chi connectivity index (χ1v) is 8.80. The Bertz CT molecular complexity index is 1070. The number of rotatable bonds is 8. The highest BCUT2D eigenvalue weighted by Crippen LogP contribution is 2.33. The van der Waals surface area contributed by atoms with E-state index in [-0.39, 0.29) is 34.2 Å². The number of methoxy groups -OCH3 is 2. The minimum Gasteiger partial charge on any atom is -0.493 e. The van der Waals surface area contributed by atoms with Crippen LogP contribution in [0.5, 0.6) is 11.5 Å². The molecule has 152 valence electrons. The number of ether oxygens (including phenoxy) is 3. The molecule has 9 heteroatoms. The summed E-state index contributed by atoms with van der Waals surface area (Å²) in [6.07, 6.45) is 0.00962. The molecule has 3 rings (SSSR count). The molecular formula is C19H27N5O4. The van der Waals surface area contributed by atoms with E-state index in [9.17, 15) is 4.79 Å². The van der Waals surface area contributed by atoms with E-state index in [0.29, 0.717) is 39.0 Å². The number of aromatic nitrogens is 2. The number of nitrogens with one attached hydrogen (secondary N) is 1. The minimum atomic E-state index is -2.86. The van der Waals surface area contributed by atoms with Crippen molar-refractivity contribution < 1.29 is 28.6 Å². The van der Waals surface area contributed by atoms with Gasteiger partial charge in [0.1, 0.15) is 11.9 Å². The van der Waals surface area contributed by atoms with Gasteiger partial charge in [0.25, 0.3) is 0 Å². The van der Waals surface area contributed by atoms with E-state index in [2.05, 4.69) is 15.3 Å². The standard InChI is InChI=1S/C19H27N5O4/c1-24(8-5-7-21-18(25)14-6-4-9-28-14)19-22-13-11-16(27-3)15(26-2)10-12(13)17(20)23-19/h10-11,14H,4-9H2,1-3H3,(H,21,25)(H2,20,22,23)/i2D3,3D3,14D. The van der Waals surface area contributed by atoms with E-state index in [1.807, 2.05) is 0 Å². The Hall–Kier alpha value is -2.81. The molecule has 0 spiro atoms. The number of hydrogen-bond acceptors (Lipinski definition) is 8. The van der Waals surface area contributed by atoms with E-state index in [0.717, 1.165) is 0 Å². The highest BCUT2D eigenvalue weighted by Gasteiger charge is 2.22. The number of carbonyl (C=O) groups is 1. The second kappa shape index (κ2) is 8.92. The van der Waals surface area contributed by atoms with Crippen LogP contribution in [-0.4, -0.2) is 62.8 Å². The van der Waals surface area contributed by atoms with Gasteiger partial charge >= 0.3 is 0 Å². The third-order valence-corrected chi connectivity index (χ3v) is 4.37. The van der Waals surface area contributed by atoms with Gasteiger partial charge in [-0.25, -0.2) is 4.98 Å². The first-order valence-electron chi connectivity index (χ1n) is 12.3. The van der Waals surface area contributed by atoms with E-state index in [4.69, 9.17) is 29.5 Å². The predicted molar refractivity (Wildman–Crippen MR) is 107 cm³/mol. The molecule has 0 radical (unpaired) electrons. The molecule has 28 heavy (non-hydrogen) atoms. The molecular weight excluding hydrogens is 362 g/mol. The van der Waals surface area contributed by atoms with Gasteiger partial charge in [0.15, 0.2) is 11.5 Å². The maximum atomic E-state index is 12.1. The molecule has 0 bridgehead atoms. The molecule has 1 aromatic heterocycles. The predicted octanol–water partition coefficient (Wildman–Crippen LogP) is 1.35. The maximum Gasteiger partial charge on any atom is 0.249 e. The zero-order valence-electron chi connectivity index (χ0n) is 22.4. The normalized spacial score (nSPS) is 23.4. The van der Waals surface area contributed by atoms with Gasteiger partial charge in [-0.3, -0.25) is 4.79 Å². The fraction of sp³-hybridized carbons (Fsp3) is 0.526. The summed E-state index contributed by atoms with van der Waals surface area (Å²) < 4.78 is 67.0. The topological polar surface area (TPSA) is 112 Å². The molecule has 1 amide bonds. The summed E-state index contributed by atoms with van der Waals surface area (Å²) >= 11 is 0. The van der Waals surface area contributed by atoms with Crippen LogP contribution in [0.1, 0.15) is 28.9 Å². The number of nitrogens with two attached hydrogens (primary N) is 1. The third-order valence-electron chi connectivity index (χ3n) is 4.37. The molecule has 0 saturated carbocycles. The van der Waals surface area contributed by atoms with Crippen LogP contribution < -0.4 is 25.4 Å². The third kappa shape index (κ3) is 4.36. The number of anilines is 2. The fourth-order valence-electron chi connectivity index (χ4n) is 2.87. The first-order chi connectivity index (χ1) is 16.2. The Labute approximate surface area is 174 Å². The van der Waals surface area contributed by atoms with Crippen LogP contribution in [0.4, 0.5) is 11.8 Å². The zero-order chi connectivity index (χ0) is 26.0. The molecule has 1 unspecified atom stereocenters. The van der Waals surface area contributed by atoms with Gasteiger partial charge in [0.2, 0.25) is 11.9 Å². The number of amides is 1. The quantitative estimate of drug-likeness (QED) is 0.643. The molecule has 1 atom stereocenters. The van der Waals surface area contributed by atoms with Crippen molar-refractivity contribution in [3.05, 3.63) is 12.1 Å². The molecule has 2 aromatic rings. The van der Waals surface area contributed by atoms with Crippen LogP contribution in [0.3, 0.4) is 0 Å². The number of nitrogen functional groups attached to an aromatic ring is 1. The van der Waals surface area contributed by atoms with Gasteiger partial charge in [0.05, 0.1) is 29.2 Å². The Balaban J connectivity index is 1.75. The summed E-state index contributed by atoms with van der Waals surface area (Å²) in [4.78, 5) is 22.5. The Morgan fingerprint density at radius 3 is 2.93 bits per heavy atom. The molecule has 1 aliphatic rings. The van der Waals surface area contributed by atoms with Crippen molar-refractivity contribution in [2.45, 2.75) is 25.3 Å². The lowest BCUT2D eigenvalue weighted by atomic mass is 10.2. The van der Waals surface area contributed by atoms with Crippen LogP contribution >= 0.6 is 0 Å². The van der Waals surface area contributed by atoms with E-state index >= 15 is 0 Å². The summed E-state index contributed by atoms with van der Waals surface area (Å²) in [7, 11) is -4.00. The first kappa shape index (κ1) is 12.6. The SMILES string of the molecule is [2H]C([2H])([2H])Oc1cc2nc(N(C)CCCNC(=O)C3([2H])CCCO3)nc(N)c2cc1OC([2H])([2H])[2H]. The largest absolute Gasteiger partial charge is 0.493 e. The number of nitrogens with zero attached hydrogens (tertiary/aromatic N) is 3. The molecule has 3 N–H and O–H groups in total. The summed E-state index contributed by atoms with van der Waals surface area (Å²) in [6.45, 7) is 1.13. The molecule has 2 heterocycles. The molecule has 1 aliphatic heterocycles. The highest BCUT2D eigenvalue weighted by atomic mass is 16.5. The van der Waals surface area contributed by atoms with E-state index < -0.39 is 26.1 Å². The summed E-state index contributed by atoms with van der Waals surface area (Å²) in [5.74, 6) is -0.890. The van der Waals surface area contributed by atoms with Crippen LogP contribution in [0, 0.1) is 0 Å². The lowest BCUT2D eigenvalue weighted by Crippen LogP contribution is -2.36. The maximum absolute atomic E-state index is 12.1. The molecule has 9 nitrogen and oxygen atoms in total. The van der Waals surface area contributed by atoms with Gasteiger partial charge < -0.3 is 30.2 Å². The van der Waals surface area contributed by atoms with E-state index in [1.165, 1.54) is 12.1 Å². The highest BCUT2D eigenvalue weighted by molar-refractivity contribution is 5.91. The summed E-state index contributed by atoms with van der Waals surface area (Å²) in [5, 5.41) is 2.95. The zero-order valence-corrected chi connectivity index (χ0v) is 15.4. The van der Waals surface area contributed by atoms with Crippen molar-refractivity contribution in [2.24, 2.45) is 0 Å². The molecule has 0 aliphatic carbocycles. The smallest absolute Gasteiger partial charge is 0.249 e. The minimum absolute atomic E-state index is 0.0236. The second-order valence-corrected chi connectivity index (χ2v) is 6.34. The van der Waals surface area contributed by atoms with Gasteiger partial charge in [0, 0.05) is 38.2 Å². The summed E-state index contributed by atoms with van der Waals surface area (Å²) in [5.41, 5.74) is 6.29. The number of benzene rings is 1. The van der Waals surface area contributed by atoms with Gasteiger partial charge in [-0.2, -0.15) is 4.98 Å². The van der Waals surface area contributed by atoms with Crippen LogP contribution in [0.25, 0.3) is 10.9 Å². The second-order valence-electron chi connectivity index (χ2n) is 6.34. The van der Waals surface area contributed by atoms with Crippen LogP contribution in [0.15, 0.2) is 12.1 Å². The van der Waals surface area contributed by atoms with Crippen molar-refractivity contribution in [3.63, 3.8) is 0 Å². The van der Waals surface area contributed by atoms with Crippen molar-refractivity contribution in [1.29, 1.82) is 0 Å². The van der Waals surface area contributed by atoms with Gasteiger partial charge in [-0.05, 0) is 25.3 Å². The number of hydrogen-bond donors (Lipinski definition) is 2. The Morgan fingerprint density at radius 2 is 2.21 bits per heavy atom. The van der Waals surface area contributed by atoms with Gasteiger partial charge in [-0.1, -0.05) is 0 Å². The van der Waals surface area contributed by atoms with Crippen LogP contribution in [0.2, 0.25) is 0 Å².